The van der Waals surface area contributed by atoms with Crippen molar-refractivity contribution in [2.75, 3.05) is 42.9 Å². The number of imidazole rings is 1. The molecule has 5 aromatic rings. The topological polar surface area (TPSA) is 70.3 Å². The highest BCUT2D eigenvalue weighted by Gasteiger charge is 2.32. The molecule has 2 saturated heterocycles. The molecule has 0 radical (unpaired) electrons. The number of nitrogens with one attached hydrogen (secondary N) is 1. The van der Waals surface area contributed by atoms with Gasteiger partial charge in [0.1, 0.15) is 11.6 Å². The third kappa shape index (κ3) is 7.76. The van der Waals surface area contributed by atoms with Crippen molar-refractivity contribution in [3.05, 3.63) is 108 Å². The number of aromatic nitrogens is 5. The lowest BCUT2D eigenvalue weighted by molar-refractivity contribution is 0.0920. The molecule has 3 aliphatic rings. The van der Waals surface area contributed by atoms with Gasteiger partial charge in [-0.05, 0) is 87.4 Å². The van der Waals surface area contributed by atoms with Gasteiger partial charge in [-0.3, -0.25) is 14.6 Å². The maximum atomic E-state index is 13.9. The second-order valence-corrected chi connectivity index (χ2v) is 16.2. The van der Waals surface area contributed by atoms with Crippen LogP contribution < -0.4 is 10.2 Å². The van der Waals surface area contributed by atoms with Gasteiger partial charge in [0.05, 0.1) is 22.9 Å². The smallest absolute Gasteiger partial charge is 0.208 e. The fraction of sp³-hybridized carbons (Fsp3) is 0.432. The Labute approximate surface area is 323 Å². The standard InChI is InChI=1S/C44H53F2N9/c1-28-9-7-8-10-42-39(23-47-51(42)6)41-19-35(17-29(2)48-41)31(4)49-44-50-40-12-11-33(18-43(40)55(44)24-28)26-52-15-16-53(25-30(52)3)32(5)34-13-14-54(27-34)38-21-36(45)20-37(46)22-38/h11-12,17-23,28,30,34H,4-5,7-10,13-16,24-27H2,1-3,6H3,(H,49,50)/t28-,30?,34?/m1/s1. The number of pyridine rings is 1. The first-order valence-electron chi connectivity index (χ1n) is 19.8. The van der Waals surface area contributed by atoms with E-state index in [2.05, 4.69) is 87.0 Å². The Kier molecular flexibility index (Phi) is 10.2. The summed E-state index contributed by atoms with van der Waals surface area (Å²) in [5.41, 5.74) is 11.1. The Morgan fingerprint density at radius 2 is 1.75 bits per heavy atom. The second kappa shape index (κ2) is 15.2. The number of hydrogen-bond acceptors (Lipinski definition) is 7. The van der Waals surface area contributed by atoms with E-state index in [4.69, 9.17) is 9.97 Å². The molecule has 0 aliphatic carbocycles. The summed E-state index contributed by atoms with van der Waals surface area (Å²) in [7, 11) is 2.02. The van der Waals surface area contributed by atoms with Crippen LogP contribution in [0.4, 0.5) is 20.4 Å². The van der Waals surface area contributed by atoms with E-state index in [0.717, 1.165) is 135 Å². The van der Waals surface area contributed by atoms with Gasteiger partial charge in [0, 0.05) is 110 Å². The van der Waals surface area contributed by atoms with E-state index in [9.17, 15) is 8.78 Å². The van der Waals surface area contributed by atoms with Crippen LogP contribution in [0.2, 0.25) is 0 Å². The summed E-state index contributed by atoms with van der Waals surface area (Å²) >= 11 is 0. The quantitative estimate of drug-likeness (QED) is 0.194. The first-order valence-corrected chi connectivity index (χ1v) is 19.8. The minimum absolute atomic E-state index is 0.263. The first kappa shape index (κ1) is 36.9. The fourth-order valence-corrected chi connectivity index (χ4v) is 8.87. The zero-order chi connectivity index (χ0) is 38.4. The number of aryl methyl sites for hydroxylation is 2. The van der Waals surface area contributed by atoms with Crippen LogP contribution in [0, 0.1) is 30.4 Å². The number of nitrogens with zero attached hydrogens (tertiary/aromatic N) is 8. The molecule has 0 saturated carbocycles. The molecule has 11 heteroatoms. The molecule has 6 heterocycles. The van der Waals surface area contributed by atoms with Gasteiger partial charge in [0.25, 0.3) is 0 Å². The number of hydrogen-bond donors (Lipinski definition) is 1. The van der Waals surface area contributed by atoms with Gasteiger partial charge >= 0.3 is 0 Å². The molecule has 2 unspecified atom stereocenters. The van der Waals surface area contributed by atoms with Crippen molar-refractivity contribution >= 4 is 28.4 Å². The molecule has 3 atom stereocenters. The van der Waals surface area contributed by atoms with Gasteiger partial charge in [-0.15, -0.1) is 0 Å². The maximum absolute atomic E-state index is 13.9. The van der Waals surface area contributed by atoms with Gasteiger partial charge in [0.15, 0.2) is 0 Å². The van der Waals surface area contributed by atoms with E-state index in [1.54, 1.807) is 0 Å². The van der Waals surface area contributed by atoms with E-state index >= 15 is 0 Å². The summed E-state index contributed by atoms with van der Waals surface area (Å²) in [6.45, 7) is 21.6. The number of halogens is 2. The van der Waals surface area contributed by atoms with Crippen molar-refractivity contribution < 1.29 is 8.78 Å². The molecule has 2 aromatic carbocycles. The Hall–Kier alpha value is -5.03. The molecule has 2 bridgehead atoms. The van der Waals surface area contributed by atoms with Crippen molar-refractivity contribution in [3.63, 3.8) is 0 Å². The van der Waals surface area contributed by atoms with Gasteiger partial charge < -0.3 is 19.7 Å². The van der Waals surface area contributed by atoms with Crippen molar-refractivity contribution in [1.82, 2.24) is 34.1 Å². The Morgan fingerprint density at radius 1 is 0.927 bits per heavy atom. The van der Waals surface area contributed by atoms with Crippen molar-refractivity contribution in [2.45, 2.75) is 72.0 Å². The minimum atomic E-state index is -0.538. The molecular formula is C44H53F2N9. The zero-order valence-corrected chi connectivity index (χ0v) is 32.7. The molecule has 3 aliphatic heterocycles. The van der Waals surface area contributed by atoms with Gasteiger partial charge in [-0.25, -0.2) is 13.8 Å². The monoisotopic (exact) mass is 745 g/mol. The van der Waals surface area contributed by atoms with Gasteiger partial charge in [-0.1, -0.05) is 32.6 Å². The molecule has 288 valence electrons. The third-order valence-electron chi connectivity index (χ3n) is 12.0. The van der Waals surface area contributed by atoms with E-state index in [-0.39, 0.29) is 5.92 Å². The predicted molar refractivity (Wildman–Crippen MR) is 218 cm³/mol. The highest BCUT2D eigenvalue weighted by Crippen LogP contribution is 2.33. The van der Waals surface area contributed by atoms with Crippen LogP contribution in [0.5, 0.6) is 0 Å². The lowest BCUT2D eigenvalue weighted by Gasteiger charge is -2.43. The van der Waals surface area contributed by atoms with Crippen LogP contribution in [0.1, 0.15) is 62.0 Å². The average molecular weight is 746 g/mol. The van der Waals surface area contributed by atoms with E-state index in [1.165, 1.54) is 23.4 Å². The number of piperazine rings is 1. The summed E-state index contributed by atoms with van der Waals surface area (Å²) in [5, 5.41) is 8.21. The molecular weight excluding hydrogens is 693 g/mol. The lowest BCUT2D eigenvalue weighted by Crippen LogP contribution is -2.51. The molecule has 1 N–H and O–H groups in total. The number of anilines is 2. The van der Waals surface area contributed by atoms with Crippen LogP contribution in [0.3, 0.4) is 0 Å². The Morgan fingerprint density at radius 3 is 2.55 bits per heavy atom. The predicted octanol–water partition coefficient (Wildman–Crippen LogP) is 8.41. The van der Waals surface area contributed by atoms with Gasteiger partial charge in [0.2, 0.25) is 5.95 Å². The molecule has 55 heavy (non-hydrogen) atoms. The highest BCUT2D eigenvalue weighted by atomic mass is 19.1. The van der Waals surface area contributed by atoms with Crippen LogP contribution in [0.15, 0.2) is 73.6 Å². The number of fused-ring (bicyclic) bond motifs is 7. The zero-order valence-electron chi connectivity index (χ0n) is 32.7. The molecule has 9 nitrogen and oxygen atoms in total. The Balaban J connectivity index is 0.980. The van der Waals surface area contributed by atoms with E-state index in [1.807, 2.05) is 24.9 Å². The van der Waals surface area contributed by atoms with Crippen LogP contribution in [-0.2, 0) is 26.6 Å². The van der Waals surface area contributed by atoms with Gasteiger partial charge in [-0.2, -0.15) is 5.10 Å². The molecule has 2 fully saturated rings. The SMILES string of the molecule is C=C1Nc2nc3ccc(CN4CCN(C(=C)C5CCN(c6cc(F)cc(F)c6)C5)CC4C)cc3n2C[C@H](C)CCCCc2c(cnn2C)-c2cc1cc(C)n2. The summed E-state index contributed by atoms with van der Waals surface area (Å²) in [4.78, 5) is 17.1. The maximum Gasteiger partial charge on any atom is 0.208 e. The largest absolute Gasteiger partial charge is 0.372 e. The highest BCUT2D eigenvalue weighted by molar-refractivity contribution is 5.83. The first-order chi connectivity index (χ1) is 26.5. The second-order valence-electron chi connectivity index (χ2n) is 16.2. The van der Waals surface area contributed by atoms with E-state index in [0.29, 0.717) is 17.6 Å². The van der Waals surface area contributed by atoms with E-state index < -0.39 is 11.6 Å². The summed E-state index contributed by atoms with van der Waals surface area (Å²) < 4.78 is 32.2. The number of benzene rings is 2. The average Bonchev–Trinajstić information content (AvgIpc) is 3.87. The number of rotatable bonds is 5. The van der Waals surface area contributed by atoms with Crippen LogP contribution >= 0.6 is 0 Å². The molecule has 3 aromatic heterocycles. The van der Waals surface area contributed by atoms with Crippen LogP contribution in [0.25, 0.3) is 28.0 Å². The third-order valence-corrected chi connectivity index (χ3v) is 12.0. The van der Waals surface area contributed by atoms with Crippen molar-refractivity contribution in [3.8, 4) is 11.3 Å². The molecule has 0 spiro atoms. The minimum Gasteiger partial charge on any atom is -0.372 e. The summed E-state index contributed by atoms with van der Waals surface area (Å²) in [6.07, 6.45) is 7.18. The van der Waals surface area contributed by atoms with Crippen molar-refractivity contribution in [2.24, 2.45) is 18.9 Å². The summed E-state index contributed by atoms with van der Waals surface area (Å²) in [5.74, 6) is 0.456. The molecule has 8 rings (SSSR count). The fourth-order valence-electron chi connectivity index (χ4n) is 8.87. The van der Waals surface area contributed by atoms with Crippen LogP contribution in [-0.4, -0.2) is 72.9 Å². The summed E-state index contributed by atoms with van der Waals surface area (Å²) in [6, 6.07) is 15.0. The normalized spacial score (nSPS) is 21.2. The lowest BCUT2D eigenvalue weighted by atomic mass is 10.0. The Bertz CT molecular complexity index is 2220. The van der Waals surface area contributed by atoms with Crippen molar-refractivity contribution in [1.29, 1.82) is 0 Å². The molecule has 0 amide bonds.